The number of amides is 1. The second-order valence-corrected chi connectivity index (χ2v) is 5.93. The molecule has 0 bridgehead atoms. The summed E-state index contributed by atoms with van der Waals surface area (Å²) >= 11 is 0. The van der Waals surface area contributed by atoms with E-state index >= 15 is 0 Å². The maximum atomic E-state index is 12.1. The van der Waals surface area contributed by atoms with Gasteiger partial charge in [0.25, 0.3) is 0 Å². The van der Waals surface area contributed by atoms with Crippen molar-refractivity contribution in [3.63, 3.8) is 0 Å². The molecular formula is C20H19F2N3O2. The standard InChI is InChI=1S/C20H19F2N3O2/c21-20(22)27-18-8-6-15(7-9-18)12-19(26)23-11-10-16-13-24-25(14-16)17-4-2-1-3-5-17/h1-9,13-14,20H,10-12H2,(H,23,26). The molecule has 0 unspecified atom stereocenters. The lowest BCUT2D eigenvalue weighted by atomic mass is 10.1. The molecule has 27 heavy (non-hydrogen) atoms. The van der Waals surface area contributed by atoms with Crippen LogP contribution in [0, 0.1) is 0 Å². The molecule has 0 fully saturated rings. The van der Waals surface area contributed by atoms with E-state index in [2.05, 4.69) is 15.2 Å². The quantitative estimate of drug-likeness (QED) is 0.661. The van der Waals surface area contributed by atoms with Crippen LogP contribution in [0.25, 0.3) is 5.69 Å². The number of rotatable bonds is 8. The van der Waals surface area contributed by atoms with Crippen molar-refractivity contribution in [1.82, 2.24) is 15.1 Å². The summed E-state index contributed by atoms with van der Waals surface area (Å²) in [7, 11) is 0. The van der Waals surface area contributed by atoms with E-state index in [4.69, 9.17) is 0 Å². The Morgan fingerprint density at radius 3 is 2.52 bits per heavy atom. The third-order valence-electron chi connectivity index (χ3n) is 3.91. The number of nitrogens with one attached hydrogen (secondary N) is 1. The Morgan fingerprint density at radius 1 is 1.07 bits per heavy atom. The molecule has 0 aliphatic rings. The third-order valence-corrected chi connectivity index (χ3v) is 3.91. The normalized spacial score (nSPS) is 10.8. The Labute approximate surface area is 155 Å². The smallest absolute Gasteiger partial charge is 0.387 e. The molecule has 1 heterocycles. The first-order valence-electron chi connectivity index (χ1n) is 8.49. The summed E-state index contributed by atoms with van der Waals surface area (Å²) in [5, 5.41) is 7.17. The van der Waals surface area contributed by atoms with Gasteiger partial charge in [0.1, 0.15) is 5.75 Å². The third kappa shape index (κ3) is 5.64. The molecule has 0 saturated heterocycles. The Bertz CT molecular complexity index is 864. The molecule has 140 valence electrons. The van der Waals surface area contributed by atoms with Crippen molar-refractivity contribution in [2.45, 2.75) is 19.5 Å². The molecule has 0 saturated carbocycles. The largest absolute Gasteiger partial charge is 0.435 e. The molecule has 0 atom stereocenters. The van der Waals surface area contributed by atoms with Crippen molar-refractivity contribution in [2.75, 3.05) is 6.54 Å². The molecule has 5 nitrogen and oxygen atoms in total. The molecule has 0 radical (unpaired) electrons. The number of nitrogens with zero attached hydrogens (tertiary/aromatic N) is 2. The van der Waals surface area contributed by atoms with E-state index < -0.39 is 6.61 Å². The highest BCUT2D eigenvalue weighted by atomic mass is 19.3. The fraction of sp³-hybridized carbons (Fsp3) is 0.200. The van der Waals surface area contributed by atoms with Crippen LogP contribution in [0.3, 0.4) is 0 Å². The number of hydrogen-bond donors (Lipinski definition) is 1. The summed E-state index contributed by atoms with van der Waals surface area (Å²) in [5.74, 6) is -0.0578. The van der Waals surface area contributed by atoms with E-state index in [1.54, 1.807) is 23.0 Å². The number of aromatic nitrogens is 2. The average molecular weight is 371 g/mol. The Kier molecular flexibility index (Phi) is 6.14. The SMILES string of the molecule is O=C(Cc1ccc(OC(F)F)cc1)NCCc1cnn(-c2ccccc2)c1. The van der Waals surface area contributed by atoms with Crippen molar-refractivity contribution >= 4 is 5.91 Å². The summed E-state index contributed by atoms with van der Waals surface area (Å²) in [6, 6.07) is 15.8. The number of para-hydroxylation sites is 1. The van der Waals surface area contributed by atoms with Gasteiger partial charge in [-0.2, -0.15) is 13.9 Å². The number of ether oxygens (including phenoxy) is 1. The van der Waals surface area contributed by atoms with E-state index in [-0.39, 0.29) is 18.1 Å². The van der Waals surface area contributed by atoms with Gasteiger partial charge in [-0.1, -0.05) is 30.3 Å². The number of carbonyl (C=O) groups is 1. The number of benzene rings is 2. The zero-order valence-corrected chi connectivity index (χ0v) is 14.5. The number of carbonyl (C=O) groups excluding carboxylic acids is 1. The van der Waals surface area contributed by atoms with E-state index in [9.17, 15) is 13.6 Å². The van der Waals surface area contributed by atoms with Gasteiger partial charge in [0.2, 0.25) is 5.91 Å². The molecule has 0 spiro atoms. The average Bonchev–Trinajstić information content (AvgIpc) is 3.13. The first-order chi connectivity index (χ1) is 13.1. The molecule has 0 aliphatic heterocycles. The highest BCUT2D eigenvalue weighted by Gasteiger charge is 2.07. The van der Waals surface area contributed by atoms with Crippen molar-refractivity contribution < 1.29 is 18.3 Å². The second-order valence-electron chi connectivity index (χ2n) is 5.93. The van der Waals surface area contributed by atoms with E-state index in [1.165, 1.54) is 12.1 Å². The summed E-state index contributed by atoms with van der Waals surface area (Å²) in [4.78, 5) is 12.0. The van der Waals surface area contributed by atoms with Crippen LogP contribution in [-0.2, 0) is 17.6 Å². The van der Waals surface area contributed by atoms with Crippen LogP contribution < -0.4 is 10.1 Å². The highest BCUT2D eigenvalue weighted by molar-refractivity contribution is 5.78. The van der Waals surface area contributed by atoms with Gasteiger partial charge in [0, 0.05) is 12.7 Å². The summed E-state index contributed by atoms with van der Waals surface area (Å²) in [5.41, 5.74) is 2.73. The Hall–Kier alpha value is -3.22. The van der Waals surface area contributed by atoms with Gasteiger partial charge >= 0.3 is 6.61 Å². The van der Waals surface area contributed by atoms with Crippen molar-refractivity contribution in [1.29, 1.82) is 0 Å². The summed E-state index contributed by atoms with van der Waals surface area (Å²) < 4.78 is 30.3. The molecule has 1 N–H and O–H groups in total. The summed E-state index contributed by atoms with van der Waals surface area (Å²) in [6.45, 7) is -2.36. The van der Waals surface area contributed by atoms with Crippen LogP contribution in [0.4, 0.5) is 8.78 Å². The van der Waals surface area contributed by atoms with Gasteiger partial charge in [-0.15, -0.1) is 0 Å². The number of hydrogen-bond acceptors (Lipinski definition) is 3. The van der Waals surface area contributed by atoms with E-state index in [1.807, 2.05) is 36.5 Å². The number of alkyl halides is 2. The monoisotopic (exact) mass is 371 g/mol. The van der Waals surface area contributed by atoms with Crippen LogP contribution in [0.1, 0.15) is 11.1 Å². The van der Waals surface area contributed by atoms with Crippen molar-refractivity contribution in [3.05, 3.63) is 78.1 Å². The maximum absolute atomic E-state index is 12.1. The molecule has 2 aromatic carbocycles. The van der Waals surface area contributed by atoms with Crippen LogP contribution in [0.2, 0.25) is 0 Å². The first-order valence-corrected chi connectivity index (χ1v) is 8.49. The zero-order chi connectivity index (χ0) is 19.1. The van der Waals surface area contributed by atoms with Gasteiger partial charge in [-0.3, -0.25) is 4.79 Å². The van der Waals surface area contributed by atoms with Gasteiger partial charge in [0.15, 0.2) is 0 Å². The molecule has 7 heteroatoms. The van der Waals surface area contributed by atoms with Gasteiger partial charge in [-0.25, -0.2) is 4.68 Å². The van der Waals surface area contributed by atoms with Crippen LogP contribution >= 0.6 is 0 Å². The lowest BCUT2D eigenvalue weighted by Gasteiger charge is -2.07. The first kappa shape index (κ1) is 18.6. The van der Waals surface area contributed by atoms with Crippen LogP contribution in [-0.4, -0.2) is 28.8 Å². The Balaban J connectivity index is 1.44. The molecule has 0 aliphatic carbocycles. The lowest BCUT2D eigenvalue weighted by Crippen LogP contribution is -2.27. The Morgan fingerprint density at radius 2 is 1.81 bits per heavy atom. The lowest BCUT2D eigenvalue weighted by molar-refractivity contribution is -0.120. The molecule has 3 aromatic rings. The maximum Gasteiger partial charge on any atom is 0.387 e. The molecule has 1 amide bonds. The minimum Gasteiger partial charge on any atom is -0.435 e. The topological polar surface area (TPSA) is 56.1 Å². The molecular weight excluding hydrogens is 352 g/mol. The van der Waals surface area contributed by atoms with Crippen LogP contribution in [0.15, 0.2) is 67.0 Å². The van der Waals surface area contributed by atoms with Gasteiger partial charge in [-0.05, 0) is 41.8 Å². The fourth-order valence-corrected chi connectivity index (χ4v) is 2.59. The minimum absolute atomic E-state index is 0.0737. The second kappa shape index (κ2) is 8.93. The minimum atomic E-state index is -2.86. The van der Waals surface area contributed by atoms with Gasteiger partial charge < -0.3 is 10.1 Å². The molecule has 3 rings (SSSR count). The molecule has 1 aromatic heterocycles. The fourth-order valence-electron chi connectivity index (χ4n) is 2.59. The predicted molar refractivity (Wildman–Crippen MR) is 97.1 cm³/mol. The number of halogens is 2. The highest BCUT2D eigenvalue weighted by Crippen LogP contribution is 2.15. The van der Waals surface area contributed by atoms with Crippen LogP contribution in [0.5, 0.6) is 5.75 Å². The van der Waals surface area contributed by atoms with Gasteiger partial charge in [0.05, 0.1) is 18.3 Å². The van der Waals surface area contributed by atoms with E-state index in [0.717, 1.165) is 16.8 Å². The van der Waals surface area contributed by atoms with E-state index in [0.29, 0.717) is 13.0 Å². The predicted octanol–water partition coefficient (Wildman–Crippen LogP) is 3.38. The zero-order valence-electron chi connectivity index (χ0n) is 14.5. The summed E-state index contributed by atoms with van der Waals surface area (Å²) in [6.07, 6.45) is 4.56. The van der Waals surface area contributed by atoms with Crippen molar-refractivity contribution in [3.8, 4) is 11.4 Å². The van der Waals surface area contributed by atoms with Crippen molar-refractivity contribution in [2.24, 2.45) is 0 Å².